The van der Waals surface area contributed by atoms with Crippen molar-refractivity contribution >= 4 is 0 Å². The molecule has 0 unspecified atom stereocenters. The summed E-state index contributed by atoms with van der Waals surface area (Å²) in [5.74, 6) is -0.213. The first-order valence-electron chi connectivity index (χ1n) is 5.98. The lowest BCUT2D eigenvalue weighted by atomic mass is 10.1. The maximum absolute atomic E-state index is 13.7. The number of nitrogens with zero attached hydrogens (tertiary/aromatic N) is 2. The van der Waals surface area contributed by atoms with Crippen LogP contribution in [0.15, 0.2) is 18.2 Å². The fourth-order valence-corrected chi connectivity index (χ4v) is 2.16. The van der Waals surface area contributed by atoms with Gasteiger partial charge in [-0.15, -0.1) is 0 Å². The van der Waals surface area contributed by atoms with Gasteiger partial charge in [0.2, 0.25) is 0 Å². The summed E-state index contributed by atoms with van der Waals surface area (Å²) in [6.07, 6.45) is 0. The van der Waals surface area contributed by atoms with Crippen molar-refractivity contribution in [2.24, 2.45) is 0 Å². The molecule has 1 aliphatic rings. The Kier molecular flexibility index (Phi) is 4.10. The van der Waals surface area contributed by atoms with E-state index >= 15 is 0 Å². The van der Waals surface area contributed by atoms with Crippen LogP contribution in [0.5, 0.6) is 0 Å². The van der Waals surface area contributed by atoms with Gasteiger partial charge in [0, 0.05) is 38.3 Å². The van der Waals surface area contributed by atoms with Gasteiger partial charge in [-0.25, -0.2) is 4.39 Å². The molecule has 0 spiro atoms. The van der Waals surface area contributed by atoms with Gasteiger partial charge in [0.15, 0.2) is 0 Å². The van der Waals surface area contributed by atoms with Gasteiger partial charge in [0.1, 0.15) is 5.82 Å². The fourth-order valence-electron chi connectivity index (χ4n) is 2.16. The number of piperazine rings is 1. The van der Waals surface area contributed by atoms with E-state index in [1.54, 1.807) is 12.1 Å². The lowest BCUT2D eigenvalue weighted by Crippen LogP contribution is -2.44. The second-order valence-electron chi connectivity index (χ2n) is 4.62. The molecule has 0 saturated carbocycles. The van der Waals surface area contributed by atoms with Gasteiger partial charge in [0.05, 0.1) is 6.61 Å². The van der Waals surface area contributed by atoms with Crippen LogP contribution in [-0.2, 0) is 13.2 Å². The van der Waals surface area contributed by atoms with Gasteiger partial charge >= 0.3 is 0 Å². The molecule has 4 heteroatoms. The van der Waals surface area contributed by atoms with Crippen LogP contribution in [0.4, 0.5) is 4.39 Å². The van der Waals surface area contributed by atoms with Gasteiger partial charge in [-0.2, -0.15) is 0 Å². The quantitative estimate of drug-likeness (QED) is 0.853. The first-order chi connectivity index (χ1) is 8.20. The zero-order valence-corrected chi connectivity index (χ0v) is 10.2. The Balaban J connectivity index is 2.07. The average Bonchev–Trinajstić information content (AvgIpc) is 2.34. The van der Waals surface area contributed by atoms with Crippen molar-refractivity contribution in [3.8, 4) is 0 Å². The summed E-state index contributed by atoms with van der Waals surface area (Å²) in [7, 11) is 2.10. The Morgan fingerprint density at radius 1 is 1.24 bits per heavy atom. The summed E-state index contributed by atoms with van der Waals surface area (Å²) in [4.78, 5) is 4.50. The van der Waals surface area contributed by atoms with Crippen molar-refractivity contribution in [1.82, 2.24) is 9.80 Å². The number of rotatable bonds is 3. The van der Waals surface area contributed by atoms with E-state index in [1.807, 2.05) is 0 Å². The molecule has 1 heterocycles. The lowest BCUT2D eigenvalue weighted by Gasteiger charge is -2.32. The minimum absolute atomic E-state index is 0.0964. The summed E-state index contributed by atoms with van der Waals surface area (Å²) in [6, 6.07) is 4.90. The van der Waals surface area contributed by atoms with E-state index in [1.165, 1.54) is 6.07 Å². The Morgan fingerprint density at radius 3 is 2.59 bits per heavy atom. The predicted octanol–water partition coefficient (Wildman–Crippen LogP) is 1.07. The normalized spacial score (nSPS) is 18.5. The summed E-state index contributed by atoms with van der Waals surface area (Å²) in [6.45, 7) is 4.44. The third-order valence-corrected chi connectivity index (χ3v) is 3.36. The summed E-state index contributed by atoms with van der Waals surface area (Å²) < 4.78 is 13.7. The zero-order valence-electron chi connectivity index (χ0n) is 10.2. The summed E-state index contributed by atoms with van der Waals surface area (Å²) in [5.41, 5.74) is 1.34. The van der Waals surface area contributed by atoms with Crippen LogP contribution in [0, 0.1) is 5.82 Å². The van der Waals surface area contributed by atoms with Crippen LogP contribution < -0.4 is 0 Å². The van der Waals surface area contributed by atoms with Gasteiger partial charge in [-0.05, 0) is 18.7 Å². The highest BCUT2D eigenvalue weighted by Crippen LogP contribution is 2.17. The van der Waals surface area contributed by atoms with E-state index < -0.39 is 0 Å². The molecule has 17 heavy (non-hydrogen) atoms. The molecule has 1 aromatic carbocycles. The molecule has 0 radical (unpaired) electrons. The molecule has 1 aliphatic heterocycles. The van der Waals surface area contributed by atoms with Gasteiger partial charge in [-0.1, -0.05) is 12.1 Å². The first-order valence-corrected chi connectivity index (χ1v) is 5.98. The highest BCUT2D eigenvalue weighted by Gasteiger charge is 2.17. The second kappa shape index (κ2) is 5.58. The third-order valence-electron chi connectivity index (χ3n) is 3.36. The molecule has 0 aromatic heterocycles. The van der Waals surface area contributed by atoms with Gasteiger partial charge in [0.25, 0.3) is 0 Å². The molecule has 0 amide bonds. The molecule has 3 nitrogen and oxygen atoms in total. The number of likely N-dealkylation sites (N-methyl/N-ethyl adjacent to an activating group) is 1. The molecule has 0 bridgehead atoms. The molecule has 0 atom stereocenters. The minimum Gasteiger partial charge on any atom is -0.392 e. The smallest absolute Gasteiger partial charge is 0.128 e. The maximum Gasteiger partial charge on any atom is 0.128 e. The van der Waals surface area contributed by atoms with Crippen LogP contribution in [0.3, 0.4) is 0 Å². The standard InChI is InChI=1S/C13H19FN2O/c1-15-5-7-16(8-6-15)9-12-11(10-17)3-2-4-13(12)14/h2-4,17H,5-10H2,1H3. The van der Waals surface area contributed by atoms with Crippen molar-refractivity contribution in [2.45, 2.75) is 13.2 Å². The highest BCUT2D eigenvalue weighted by molar-refractivity contribution is 5.28. The highest BCUT2D eigenvalue weighted by atomic mass is 19.1. The Morgan fingerprint density at radius 2 is 1.94 bits per heavy atom. The largest absolute Gasteiger partial charge is 0.392 e. The van der Waals surface area contributed by atoms with Crippen LogP contribution >= 0.6 is 0 Å². The van der Waals surface area contributed by atoms with Crippen molar-refractivity contribution < 1.29 is 9.50 Å². The number of halogens is 1. The SMILES string of the molecule is CN1CCN(Cc2c(F)cccc2CO)CC1. The molecule has 1 saturated heterocycles. The number of hydrogen-bond donors (Lipinski definition) is 1. The lowest BCUT2D eigenvalue weighted by molar-refractivity contribution is 0.146. The van der Waals surface area contributed by atoms with E-state index in [0.29, 0.717) is 17.7 Å². The van der Waals surface area contributed by atoms with Crippen LogP contribution in [0.1, 0.15) is 11.1 Å². The van der Waals surface area contributed by atoms with E-state index in [0.717, 1.165) is 26.2 Å². The number of hydrogen-bond acceptors (Lipinski definition) is 3. The first kappa shape index (κ1) is 12.5. The van der Waals surface area contributed by atoms with Crippen molar-refractivity contribution in [3.05, 3.63) is 35.1 Å². The minimum atomic E-state index is -0.213. The van der Waals surface area contributed by atoms with Crippen molar-refractivity contribution in [2.75, 3.05) is 33.2 Å². The Labute approximate surface area is 101 Å². The Bertz CT molecular complexity index is 376. The van der Waals surface area contributed by atoms with Gasteiger partial charge < -0.3 is 10.0 Å². The molecule has 1 N–H and O–H groups in total. The molecule has 94 valence electrons. The van der Waals surface area contributed by atoms with E-state index in [4.69, 9.17) is 0 Å². The molecular weight excluding hydrogens is 219 g/mol. The number of benzene rings is 1. The molecule has 2 rings (SSSR count). The van der Waals surface area contributed by atoms with Gasteiger partial charge in [-0.3, -0.25) is 4.90 Å². The Hall–Kier alpha value is -0.970. The summed E-state index contributed by atoms with van der Waals surface area (Å²) >= 11 is 0. The molecular formula is C13H19FN2O. The predicted molar refractivity (Wildman–Crippen MR) is 65.1 cm³/mol. The molecule has 1 fully saturated rings. The van der Waals surface area contributed by atoms with Crippen molar-refractivity contribution in [3.63, 3.8) is 0 Å². The fraction of sp³-hybridized carbons (Fsp3) is 0.538. The van der Waals surface area contributed by atoms with Crippen LogP contribution in [-0.4, -0.2) is 48.1 Å². The summed E-state index contributed by atoms with van der Waals surface area (Å²) in [5, 5.41) is 9.22. The average molecular weight is 238 g/mol. The van der Waals surface area contributed by atoms with E-state index in [-0.39, 0.29) is 12.4 Å². The zero-order chi connectivity index (χ0) is 12.3. The van der Waals surface area contributed by atoms with Crippen molar-refractivity contribution in [1.29, 1.82) is 0 Å². The van der Waals surface area contributed by atoms with Crippen LogP contribution in [0.2, 0.25) is 0 Å². The number of aliphatic hydroxyl groups is 1. The second-order valence-corrected chi connectivity index (χ2v) is 4.62. The topological polar surface area (TPSA) is 26.7 Å². The third kappa shape index (κ3) is 3.03. The van der Waals surface area contributed by atoms with E-state index in [9.17, 15) is 9.50 Å². The van der Waals surface area contributed by atoms with Crippen LogP contribution in [0.25, 0.3) is 0 Å². The van der Waals surface area contributed by atoms with E-state index in [2.05, 4.69) is 16.8 Å². The maximum atomic E-state index is 13.7. The molecule has 1 aromatic rings. The number of aliphatic hydroxyl groups excluding tert-OH is 1. The monoisotopic (exact) mass is 238 g/mol. The molecule has 0 aliphatic carbocycles.